The Hall–Kier alpha value is -0.590. The van der Waals surface area contributed by atoms with E-state index in [9.17, 15) is 0 Å². The fourth-order valence-electron chi connectivity index (χ4n) is 2.51. The molecule has 1 aliphatic rings. The number of nitrogens with zero attached hydrogens (tertiary/aromatic N) is 1. The van der Waals surface area contributed by atoms with Gasteiger partial charge in [0.2, 0.25) is 0 Å². The van der Waals surface area contributed by atoms with Crippen LogP contribution in [0.3, 0.4) is 0 Å². The Labute approximate surface area is 132 Å². The average Bonchev–Trinajstić information content (AvgIpc) is 2.89. The average molecular weight is 404 g/mol. The van der Waals surface area contributed by atoms with E-state index in [1.165, 1.54) is 10.4 Å². The van der Waals surface area contributed by atoms with Gasteiger partial charge >= 0.3 is 0 Å². The molecule has 2 aromatic rings. The van der Waals surface area contributed by atoms with Crippen LogP contribution in [0.2, 0.25) is 0 Å². The van der Waals surface area contributed by atoms with E-state index in [2.05, 4.69) is 42.9 Å². The molecule has 0 saturated heterocycles. The number of benzene rings is 1. The highest BCUT2D eigenvalue weighted by Gasteiger charge is 2.29. The van der Waals surface area contributed by atoms with Crippen molar-refractivity contribution in [2.24, 2.45) is 0 Å². The van der Waals surface area contributed by atoms with Crippen LogP contribution in [0.5, 0.6) is 5.75 Å². The number of aryl methyl sites for hydroxylation is 1. The molecule has 19 heavy (non-hydrogen) atoms. The van der Waals surface area contributed by atoms with Crippen molar-refractivity contribution >= 4 is 48.3 Å². The predicted molar refractivity (Wildman–Crippen MR) is 85.1 cm³/mol. The maximum Gasteiger partial charge on any atom is 0.180 e. The molecule has 0 saturated carbocycles. The van der Waals surface area contributed by atoms with E-state index >= 15 is 0 Å². The molecule has 0 radical (unpaired) electrons. The predicted octanol–water partition coefficient (Wildman–Crippen LogP) is 4.34. The van der Waals surface area contributed by atoms with Gasteiger partial charge in [-0.05, 0) is 46.5 Å². The van der Waals surface area contributed by atoms with Gasteiger partial charge in [-0.1, -0.05) is 15.9 Å². The molecule has 1 aliphatic carbocycles. The minimum atomic E-state index is 0.362. The molecule has 0 amide bonds. The molecule has 0 spiro atoms. The highest BCUT2D eigenvalue weighted by molar-refractivity contribution is 9.11. The van der Waals surface area contributed by atoms with E-state index in [4.69, 9.17) is 10.5 Å². The highest BCUT2D eigenvalue weighted by atomic mass is 79.9. The number of hydrogen-bond donors (Lipinski definition) is 1. The lowest BCUT2D eigenvalue weighted by Crippen LogP contribution is -1.98. The number of thiazole rings is 1. The molecule has 6 heteroatoms. The zero-order valence-corrected chi connectivity index (χ0v) is 14.2. The van der Waals surface area contributed by atoms with Crippen LogP contribution in [0.15, 0.2) is 21.1 Å². The minimum Gasteiger partial charge on any atom is -0.496 e. The maximum atomic E-state index is 5.81. The van der Waals surface area contributed by atoms with Gasteiger partial charge in [-0.15, -0.1) is 11.3 Å². The number of fused-ring (bicyclic) bond motifs is 1. The largest absolute Gasteiger partial charge is 0.496 e. The molecule has 0 fully saturated rings. The number of halogens is 2. The zero-order valence-electron chi connectivity index (χ0n) is 10.2. The second-order valence-electron chi connectivity index (χ2n) is 4.46. The lowest BCUT2D eigenvalue weighted by atomic mass is 9.98. The zero-order chi connectivity index (χ0) is 13.6. The van der Waals surface area contributed by atoms with Gasteiger partial charge in [-0.3, -0.25) is 0 Å². The summed E-state index contributed by atoms with van der Waals surface area (Å²) in [5.41, 5.74) is 8.20. The summed E-state index contributed by atoms with van der Waals surface area (Å²) in [5.74, 6) is 1.21. The summed E-state index contributed by atoms with van der Waals surface area (Å²) in [4.78, 5) is 5.69. The second-order valence-corrected chi connectivity index (χ2v) is 7.23. The number of anilines is 1. The summed E-state index contributed by atoms with van der Waals surface area (Å²) in [6, 6.07) is 4.13. The first-order chi connectivity index (χ1) is 9.10. The summed E-state index contributed by atoms with van der Waals surface area (Å²) >= 11 is 8.75. The van der Waals surface area contributed by atoms with E-state index in [0.29, 0.717) is 11.0 Å². The van der Waals surface area contributed by atoms with Crippen molar-refractivity contribution in [2.45, 2.75) is 18.8 Å². The van der Waals surface area contributed by atoms with Crippen molar-refractivity contribution in [2.75, 3.05) is 12.8 Å². The Morgan fingerprint density at radius 1 is 1.37 bits per heavy atom. The lowest BCUT2D eigenvalue weighted by molar-refractivity contribution is 0.411. The van der Waals surface area contributed by atoms with Crippen molar-refractivity contribution in [3.05, 3.63) is 37.2 Å². The SMILES string of the molecule is COc1cc(C2CCc3nc(N)sc32)c(Br)cc1Br. The van der Waals surface area contributed by atoms with E-state index in [1.54, 1.807) is 18.4 Å². The molecular weight excluding hydrogens is 392 g/mol. The van der Waals surface area contributed by atoms with Gasteiger partial charge in [0, 0.05) is 15.3 Å². The minimum absolute atomic E-state index is 0.362. The second kappa shape index (κ2) is 5.07. The van der Waals surface area contributed by atoms with Crippen molar-refractivity contribution in [1.82, 2.24) is 4.98 Å². The third kappa shape index (κ3) is 2.30. The van der Waals surface area contributed by atoms with Crippen molar-refractivity contribution < 1.29 is 4.74 Å². The summed E-state index contributed by atoms with van der Waals surface area (Å²) in [7, 11) is 1.68. The smallest absolute Gasteiger partial charge is 0.180 e. The van der Waals surface area contributed by atoms with Crippen LogP contribution in [0.1, 0.15) is 28.5 Å². The molecule has 1 heterocycles. The maximum absolute atomic E-state index is 5.81. The molecule has 0 aliphatic heterocycles. The quantitative estimate of drug-likeness (QED) is 0.811. The van der Waals surface area contributed by atoms with Gasteiger partial charge < -0.3 is 10.5 Å². The van der Waals surface area contributed by atoms with Crippen LogP contribution >= 0.6 is 43.2 Å². The Morgan fingerprint density at radius 2 is 2.16 bits per heavy atom. The molecule has 1 aromatic carbocycles. The Kier molecular flexibility index (Phi) is 3.57. The third-order valence-electron chi connectivity index (χ3n) is 3.38. The van der Waals surface area contributed by atoms with Gasteiger partial charge in [0.1, 0.15) is 5.75 Å². The topological polar surface area (TPSA) is 48.1 Å². The van der Waals surface area contributed by atoms with Crippen LogP contribution < -0.4 is 10.5 Å². The number of methoxy groups -OCH3 is 1. The summed E-state index contributed by atoms with van der Waals surface area (Å²) in [6.07, 6.45) is 2.08. The van der Waals surface area contributed by atoms with E-state index in [1.807, 2.05) is 6.07 Å². The number of rotatable bonds is 2. The van der Waals surface area contributed by atoms with Crippen molar-refractivity contribution in [3.8, 4) is 5.75 Å². The molecule has 3 nitrogen and oxygen atoms in total. The van der Waals surface area contributed by atoms with Crippen LogP contribution in [-0.4, -0.2) is 12.1 Å². The molecular formula is C13H12Br2N2OS. The first-order valence-corrected chi connectivity index (χ1v) is 8.28. The molecule has 3 rings (SSSR count). The van der Waals surface area contributed by atoms with E-state index in [-0.39, 0.29) is 0 Å². The van der Waals surface area contributed by atoms with Crippen LogP contribution in [0, 0.1) is 0 Å². The Bertz CT molecular complexity index is 642. The fourth-order valence-corrected chi connectivity index (χ4v) is 4.98. The number of ether oxygens (including phenoxy) is 1. The van der Waals surface area contributed by atoms with Crippen LogP contribution in [0.4, 0.5) is 5.13 Å². The molecule has 0 bridgehead atoms. The third-order valence-corrected chi connectivity index (χ3v) is 5.72. The van der Waals surface area contributed by atoms with E-state index in [0.717, 1.165) is 33.2 Å². The van der Waals surface area contributed by atoms with Gasteiger partial charge in [-0.25, -0.2) is 4.98 Å². The molecule has 100 valence electrons. The normalized spacial score (nSPS) is 17.5. The standard InChI is InChI=1S/C13H12Br2N2OS/c1-18-11-4-7(8(14)5-9(11)15)6-2-3-10-12(6)19-13(16)17-10/h4-6H,2-3H2,1H3,(H2,16,17). The molecule has 1 atom stereocenters. The van der Waals surface area contributed by atoms with Gasteiger partial charge in [0.05, 0.1) is 17.3 Å². The first-order valence-electron chi connectivity index (χ1n) is 5.88. The lowest BCUT2D eigenvalue weighted by Gasteiger charge is -2.15. The monoisotopic (exact) mass is 402 g/mol. The Balaban J connectivity index is 2.08. The van der Waals surface area contributed by atoms with Gasteiger partial charge in [-0.2, -0.15) is 0 Å². The Morgan fingerprint density at radius 3 is 2.89 bits per heavy atom. The number of nitrogen functional groups attached to an aromatic ring is 1. The van der Waals surface area contributed by atoms with Gasteiger partial charge in [0.15, 0.2) is 5.13 Å². The number of nitrogens with two attached hydrogens (primary N) is 1. The molecule has 1 aromatic heterocycles. The van der Waals surface area contributed by atoms with Crippen LogP contribution in [-0.2, 0) is 6.42 Å². The first kappa shape index (κ1) is 13.4. The summed E-state index contributed by atoms with van der Waals surface area (Å²) in [5, 5.41) is 0.662. The van der Waals surface area contributed by atoms with Gasteiger partial charge in [0.25, 0.3) is 0 Å². The summed E-state index contributed by atoms with van der Waals surface area (Å²) < 4.78 is 7.43. The number of hydrogen-bond acceptors (Lipinski definition) is 4. The van der Waals surface area contributed by atoms with E-state index < -0.39 is 0 Å². The summed E-state index contributed by atoms with van der Waals surface area (Å²) in [6.45, 7) is 0. The van der Waals surface area contributed by atoms with Crippen LogP contribution in [0.25, 0.3) is 0 Å². The van der Waals surface area contributed by atoms with Crippen molar-refractivity contribution in [1.29, 1.82) is 0 Å². The molecule has 2 N–H and O–H groups in total. The fraction of sp³-hybridized carbons (Fsp3) is 0.308. The highest BCUT2D eigenvalue weighted by Crippen LogP contribution is 2.46. The number of aromatic nitrogens is 1. The van der Waals surface area contributed by atoms with Crippen molar-refractivity contribution in [3.63, 3.8) is 0 Å². The molecule has 1 unspecified atom stereocenters.